The third-order valence-electron chi connectivity index (χ3n) is 6.07. The number of nitrogens with one attached hydrogen (secondary N) is 1. The first-order chi connectivity index (χ1) is 16.7. The molecule has 34 heavy (non-hydrogen) atoms. The number of likely N-dealkylation sites (tertiary alicyclic amines) is 1. The number of hydrogen-bond donors (Lipinski definition) is 1. The molecule has 1 aliphatic heterocycles. The van der Waals surface area contributed by atoms with E-state index >= 15 is 0 Å². The summed E-state index contributed by atoms with van der Waals surface area (Å²) in [5, 5.41) is 2.99. The first-order valence-corrected chi connectivity index (χ1v) is 11.5. The number of benzene rings is 3. The summed E-state index contributed by atoms with van der Waals surface area (Å²) in [6.07, 6.45) is 3.19. The molecule has 6 heteroatoms. The number of nitrogens with zero attached hydrogens (tertiary/aromatic N) is 3. The maximum absolute atomic E-state index is 13.1. The molecule has 0 saturated carbocycles. The van der Waals surface area contributed by atoms with E-state index < -0.39 is 0 Å². The van der Waals surface area contributed by atoms with Crippen LogP contribution in [0.4, 0.5) is 5.95 Å². The predicted molar refractivity (Wildman–Crippen MR) is 133 cm³/mol. The molecular weight excluding hydrogens is 424 g/mol. The lowest BCUT2D eigenvalue weighted by Gasteiger charge is -2.25. The summed E-state index contributed by atoms with van der Waals surface area (Å²) in [6, 6.07) is 27.4. The van der Waals surface area contributed by atoms with Crippen molar-refractivity contribution in [3.8, 4) is 16.9 Å². The van der Waals surface area contributed by atoms with Crippen LogP contribution >= 0.6 is 0 Å². The second-order valence-corrected chi connectivity index (χ2v) is 8.49. The van der Waals surface area contributed by atoms with Crippen LogP contribution in [0.2, 0.25) is 0 Å². The molecule has 1 fully saturated rings. The zero-order valence-corrected chi connectivity index (χ0v) is 18.9. The molecule has 170 valence electrons. The topological polar surface area (TPSA) is 67.2 Å². The number of carbonyl (C=O) groups excluding carboxylic acids is 2. The van der Waals surface area contributed by atoms with E-state index in [1.165, 1.54) is 0 Å². The quantitative estimate of drug-likeness (QED) is 0.451. The van der Waals surface area contributed by atoms with Gasteiger partial charge in [0, 0.05) is 55.5 Å². The van der Waals surface area contributed by atoms with E-state index in [2.05, 4.69) is 10.2 Å². The molecule has 6 nitrogen and oxygen atoms in total. The lowest BCUT2D eigenvalue weighted by molar-refractivity contribution is -0.121. The van der Waals surface area contributed by atoms with Crippen molar-refractivity contribution in [3.63, 3.8) is 0 Å². The minimum absolute atomic E-state index is 0.211. The number of imidazole rings is 1. The van der Waals surface area contributed by atoms with E-state index in [0.29, 0.717) is 30.1 Å². The third-order valence-corrected chi connectivity index (χ3v) is 6.07. The zero-order valence-electron chi connectivity index (χ0n) is 18.9. The number of rotatable bonds is 6. The number of amides is 1. The van der Waals surface area contributed by atoms with Crippen LogP contribution in [0, 0.1) is 0 Å². The smallest absolute Gasteiger partial charge is 0.257 e. The molecule has 5 rings (SSSR count). The number of anilines is 1. The molecule has 3 aromatic carbocycles. The molecule has 4 aromatic rings. The van der Waals surface area contributed by atoms with Gasteiger partial charge in [0.15, 0.2) is 0 Å². The van der Waals surface area contributed by atoms with Crippen LogP contribution < -0.4 is 5.32 Å². The van der Waals surface area contributed by atoms with Gasteiger partial charge in [0.1, 0.15) is 5.78 Å². The number of carbonyl (C=O) groups is 2. The number of piperidine rings is 1. The Hall–Kier alpha value is -4.03. The molecule has 1 aliphatic rings. The lowest BCUT2D eigenvalue weighted by atomic mass is 10.1. The Balaban J connectivity index is 1.34. The van der Waals surface area contributed by atoms with Crippen molar-refractivity contribution in [2.24, 2.45) is 0 Å². The van der Waals surface area contributed by atoms with Gasteiger partial charge in [-0.25, -0.2) is 4.98 Å². The van der Waals surface area contributed by atoms with Gasteiger partial charge in [0.05, 0.1) is 5.69 Å². The van der Waals surface area contributed by atoms with E-state index in [4.69, 9.17) is 4.98 Å². The minimum atomic E-state index is -0.211. The minimum Gasteiger partial charge on any atom is -0.300 e. The first-order valence-electron chi connectivity index (χ1n) is 11.5. The van der Waals surface area contributed by atoms with Crippen molar-refractivity contribution in [1.29, 1.82) is 0 Å². The van der Waals surface area contributed by atoms with E-state index in [-0.39, 0.29) is 5.91 Å². The molecule has 0 spiro atoms. The maximum atomic E-state index is 13.1. The van der Waals surface area contributed by atoms with Crippen LogP contribution in [-0.2, 0) is 11.3 Å². The lowest BCUT2D eigenvalue weighted by Crippen LogP contribution is -2.33. The van der Waals surface area contributed by atoms with Crippen LogP contribution in [0.3, 0.4) is 0 Å². The summed E-state index contributed by atoms with van der Waals surface area (Å²) in [5.74, 6) is 0.599. The Morgan fingerprint density at radius 1 is 0.853 bits per heavy atom. The highest BCUT2D eigenvalue weighted by Crippen LogP contribution is 2.24. The van der Waals surface area contributed by atoms with Gasteiger partial charge < -0.3 is 0 Å². The summed E-state index contributed by atoms with van der Waals surface area (Å²) in [6.45, 7) is 2.38. The number of para-hydroxylation sites is 1. The number of aromatic nitrogens is 2. The summed E-state index contributed by atoms with van der Waals surface area (Å²) >= 11 is 0. The fraction of sp³-hybridized carbons (Fsp3) is 0.179. The molecule has 0 atom stereocenters. The van der Waals surface area contributed by atoms with Crippen LogP contribution in [0.5, 0.6) is 0 Å². The van der Waals surface area contributed by atoms with Crippen LogP contribution in [-0.4, -0.2) is 39.2 Å². The second-order valence-electron chi connectivity index (χ2n) is 8.49. The molecule has 1 amide bonds. The van der Waals surface area contributed by atoms with Crippen LogP contribution in [0.25, 0.3) is 16.9 Å². The van der Waals surface area contributed by atoms with E-state index in [1.807, 2.05) is 95.7 Å². The number of ketones is 1. The molecular formula is C28H26N4O2. The van der Waals surface area contributed by atoms with Crippen LogP contribution in [0.1, 0.15) is 28.8 Å². The average molecular weight is 451 g/mol. The van der Waals surface area contributed by atoms with E-state index in [0.717, 1.165) is 42.1 Å². The molecule has 1 saturated heterocycles. The molecule has 1 N–H and O–H groups in total. The monoisotopic (exact) mass is 450 g/mol. The molecule has 0 unspecified atom stereocenters. The Morgan fingerprint density at radius 2 is 1.50 bits per heavy atom. The van der Waals surface area contributed by atoms with Gasteiger partial charge in [-0.1, -0.05) is 60.7 Å². The fourth-order valence-corrected chi connectivity index (χ4v) is 4.16. The largest absolute Gasteiger partial charge is 0.300 e. The van der Waals surface area contributed by atoms with Gasteiger partial charge in [-0.15, -0.1) is 0 Å². The maximum Gasteiger partial charge on any atom is 0.257 e. The van der Waals surface area contributed by atoms with Gasteiger partial charge in [0.25, 0.3) is 5.91 Å². The molecule has 0 bridgehead atoms. The Bertz CT molecular complexity index is 1270. The standard InChI is InChI=1S/C28H26N4O2/c33-25-15-17-31(18-16-25)19-21-11-13-23(14-12-21)27(34)30-28-29-26(22-7-3-1-4-8-22)20-32(28)24-9-5-2-6-10-24/h1-14,20H,15-19H2,(H,29,30,34). The van der Waals surface area contributed by atoms with Gasteiger partial charge in [-0.2, -0.15) is 0 Å². The van der Waals surface area contributed by atoms with Gasteiger partial charge in [-0.3, -0.25) is 24.4 Å². The molecule has 1 aromatic heterocycles. The highest BCUT2D eigenvalue weighted by atomic mass is 16.1. The SMILES string of the molecule is O=C1CCN(Cc2ccc(C(=O)Nc3nc(-c4ccccc4)cn3-c3ccccc3)cc2)CC1. The molecule has 2 heterocycles. The normalized spacial score (nSPS) is 14.2. The van der Waals surface area contributed by atoms with Gasteiger partial charge in [-0.05, 0) is 29.8 Å². The summed E-state index contributed by atoms with van der Waals surface area (Å²) in [5.41, 5.74) is 4.39. The first kappa shape index (κ1) is 21.8. The van der Waals surface area contributed by atoms with Crippen molar-refractivity contribution in [3.05, 3.63) is 102 Å². The predicted octanol–water partition coefficient (Wildman–Crippen LogP) is 4.96. The fourth-order valence-electron chi connectivity index (χ4n) is 4.16. The second kappa shape index (κ2) is 9.85. The van der Waals surface area contributed by atoms with Crippen molar-refractivity contribution >= 4 is 17.6 Å². The highest BCUT2D eigenvalue weighted by molar-refractivity contribution is 6.03. The molecule has 0 radical (unpaired) electrons. The van der Waals surface area contributed by atoms with Crippen molar-refractivity contribution in [1.82, 2.24) is 14.5 Å². The summed E-state index contributed by atoms with van der Waals surface area (Å²) in [4.78, 5) is 31.5. The van der Waals surface area contributed by atoms with Gasteiger partial charge >= 0.3 is 0 Å². The van der Waals surface area contributed by atoms with Crippen molar-refractivity contribution < 1.29 is 9.59 Å². The van der Waals surface area contributed by atoms with E-state index in [9.17, 15) is 9.59 Å². The molecule has 0 aliphatic carbocycles. The van der Waals surface area contributed by atoms with Crippen LogP contribution in [0.15, 0.2) is 91.1 Å². The number of hydrogen-bond acceptors (Lipinski definition) is 4. The Kier molecular flexibility index (Phi) is 6.31. The third kappa shape index (κ3) is 4.97. The number of Topliss-reactive ketones (excluding diaryl/α,β-unsaturated/α-hetero) is 1. The van der Waals surface area contributed by atoms with Gasteiger partial charge in [0.2, 0.25) is 5.95 Å². The Labute approximate surface area is 198 Å². The van der Waals surface area contributed by atoms with Crippen molar-refractivity contribution in [2.45, 2.75) is 19.4 Å². The summed E-state index contributed by atoms with van der Waals surface area (Å²) < 4.78 is 1.90. The zero-order chi connectivity index (χ0) is 23.3. The average Bonchev–Trinajstić information content (AvgIpc) is 3.31. The van der Waals surface area contributed by atoms with E-state index in [1.54, 1.807) is 0 Å². The van der Waals surface area contributed by atoms with Crippen molar-refractivity contribution in [2.75, 3.05) is 18.4 Å². The Morgan fingerprint density at radius 3 is 2.18 bits per heavy atom. The summed E-state index contributed by atoms with van der Waals surface area (Å²) in [7, 11) is 0. The highest BCUT2D eigenvalue weighted by Gasteiger charge is 2.17.